The molecular weight excluding hydrogens is 307 g/mol. The maximum absolute atomic E-state index is 12.8. The van der Waals surface area contributed by atoms with E-state index in [9.17, 15) is 18.3 Å². The lowest BCUT2D eigenvalue weighted by Gasteiger charge is -2.38. The lowest BCUT2D eigenvalue weighted by molar-refractivity contribution is -0.141. The molecule has 2 heterocycles. The molecule has 1 saturated carbocycles. The molecular formula is C16H16F3N3O. The SMILES string of the molecule is OC1CC([C@@H](Nc2cccc(C(F)(F)F)n2)c2ccccn2)C1. The Morgan fingerprint density at radius 3 is 2.52 bits per heavy atom. The van der Waals surface area contributed by atoms with Crippen LogP contribution in [0.1, 0.15) is 30.3 Å². The van der Waals surface area contributed by atoms with Gasteiger partial charge < -0.3 is 10.4 Å². The zero-order valence-corrected chi connectivity index (χ0v) is 12.2. The molecule has 1 fully saturated rings. The Hall–Kier alpha value is -2.15. The third kappa shape index (κ3) is 3.61. The van der Waals surface area contributed by atoms with E-state index in [-0.39, 0.29) is 23.9 Å². The van der Waals surface area contributed by atoms with Gasteiger partial charge in [-0.1, -0.05) is 12.1 Å². The lowest BCUT2D eigenvalue weighted by atomic mass is 9.76. The van der Waals surface area contributed by atoms with Crippen LogP contribution in [-0.4, -0.2) is 21.2 Å². The van der Waals surface area contributed by atoms with E-state index >= 15 is 0 Å². The zero-order chi connectivity index (χ0) is 16.4. The molecule has 23 heavy (non-hydrogen) atoms. The summed E-state index contributed by atoms with van der Waals surface area (Å²) in [5.41, 5.74) is -0.209. The van der Waals surface area contributed by atoms with Gasteiger partial charge in [0.2, 0.25) is 0 Å². The Balaban J connectivity index is 1.84. The molecule has 3 rings (SSSR count). The van der Waals surface area contributed by atoms with Crippen LogP contribution in [0.2, 0.25) is 0 Å². The molecule has 0 spiro atoms. The fourth-order valence-electron chi connectivity index (χ4n) is 2.73. The fourth-order valence-corrected chi connectivity index (χ4v) is 2.73. The molecule has 7 heteroatoms. The van der Waals surface area contributed by atoms with Gasteiger partial charge in [0.15, 0.2) is 0 Å². The van der Waals surface area contributed by atoms with Crippen LogP contribution in [0.25, 0.3) is 0 Å². The third-order valence-corrected chi connectivity index (χ3v) is 3.97. The van der Waals surface area contributed by atoms with Crippen LogP contribution in [0.5, 0.6) is 0 Å². The van der Waals surface area contributed by atoms with Gasteiger partial charge in [0.25, 0.3) is 0 Å². The molecule has 0 unspecified atom stereocenters. The number of rotatable bonds is 4. The molecule has 2 aromatic heterocycles. The second-order valence-corrected chi connectivity index (χ2v) is 5.67. The summed E-state index contributed by atoms with van der Waals surface area (Å²) in [6, 6.07) is 8.90. The number of aromatic nitrogens is 2. The van der Waals surface area contributed by atoms with Crippen molar-refractivity contribution in [1.29, 1.82) is 0 Å². The van der Waals surface area contributed by atoms with E-state index in [1.807, 2.05) is 12.1 Å². The van der Waals surface area contributed by atoms with Crippen molar-refractivity contribution in [2.75, 3.05) is 5.32 Å². The molecule has 4 nitrogen and oxygen atoms in total. The fraction of sp³-hybridized carbons (Fsp3) is 0.375. The van der Waals surface area contributed by atoms with Crippen LogP contribution in [-0.2, 0) is 6.18 Å². The standard InChI is InChI=1S/C16H16F3N3O/c17-16(18,19)13-5-3-6-14(21-13)22-15(10-8-11(23)9-10)12-4-1-2-7-20-12/h1-7,10-11,15,23H,8-9H2,(H,21,22)/t10?,11?,15-/m1/s1. The molecule has 0 saturated heterocycles. The highest BCUT2D eigenvalue weighted by Gasteiger charge is 2.36. The highest BCUT2D eigenvalue weighted by atomic mass is 19.4. The summed E-state index contributed by atoms with van der Waals surface area (Å²) >= 11 is 0. The van der Waals surface area contributed by atoms with E-state index < -0.39 is 11.9 Å². The first-order valence-corrected chi connectivity index (χ1v) is 7.33. The van der Waals surface area contributed by atoms with Crippen molar-refractivity contribution < 1.29 is 18.3 Å². The molecule has 0 radical (unpaired) electrons. The molecule has 2 aromatic rings. The number of nitrogens with one attached hydrogen (secondary N) is 1. The summed E-state index contributed by atoms with van der Waals surface area (Å²) in [6.45, 7) is 0. The van der Waals surface area contributed by atoms with Gasteiger partial charge >= 0.3 is 6.18 Å². The molecule has 0 aromatic carbocycles. The van der Waals surface area contributed by atoms with Crippen LogP contribution >= 0.6 is 0 Å². The smallest absolute Gasteiger partial charge is 0.393 e. The number of alkyl halides is 3. The predicted octanol–water partition coefficient (Wildman–Crippen LogP) is 3.42. The van der Waals surface area contributed by atoms with Crippen molar-refractivity contribution in [3.63, 3.8) is 0 Å². The minimum Gasteiger partial charge on any atom is -0.393 e. The topological polar surface area (TPSA) is 58.0 Å². The maximum atomic E-state index is 12.8. The summed E-state index contributed by atoms with van der Waals surface area (Å²) in [6.07, 6.45) is -2.02. The molecule has 1 aliphatic carbocycles. The number of pyridine rings is 2. The Kier molecular flexibility index (Phi) is 4.21. The Bertz CT molecular complexity index is 657. The summed E-state index contributed by atoms with van der Waals surface area (Å²) in [5.74, 6) is 0.258. The van der Waals surface area contributed by atoms with Gasteiger partial charge in [-0.25, -0.2) is 4.98 Å². The van der Waals surface area contributed by atoms with E-state index in [4.69, 9.17) is 0 Å². The number of hydrogen-bond acceptors (Lipinski definition) is 4. The quantitative estimate of drug-likeness (QED) is 0.905. The van der Waals surface area contributed by atoms with Crippen molar-refractivity contribution in [3.8, 4) is 0 Å². The van der Waals surface area contributed by atoms with E-state index in [2.05, 4.69) is 15.3 Å². The van der Waals surface area contributed by atoms with Crippen molar-refractivity contribution >= 4 is 5.82 Å². The predicted molar refractivity (Wildman–Crippen MR) is 78.6 cm³/mol. The van der Waals surface area contributed by atoms with Gasteiger partial charge in [0.05, 0.1) is 17.8 Å². The molecule has 1 aliphatic rings. The third-order valence-electron chi connectivity index (χ3n) is 3.97. The van der Waals surface area contributed by atoms with Crippen LogP contribution in [0, 0.1) is 5.92 Å². The van der Waals surface area contributed by atoms with Gasteiger partial charge in [-0.3, -0.25) is 4.98 Å². The van der Waals surface area contributed by atoms with Crippen molar-refractivity contribution in [2.45, 2.75) is 31.2 Å². The van der Waals surface area contributed by atoms with Gasteiger partial charge in [0, 0.05) is 6.20 Å². The first kappa shape index (κ1) is 15.7. The van der Waals surface area contributed by atoms with Crippen molar-refractivity contribution in [3.05, 3.63) is 54.0 Å². The Morgan fingerprint density at radius 1 is 1.13 bits per heavy atom. The van der Waals surface area contributed by atoms with Crippen LogP contribution < -0.4 is 5.32 Å². The number of hydrogen-bond donors (Lipinski definition) is 2. The summed E-state index contributed by atoms with van der Waals surface area (Å²) in [7, 11) is 0. The van der Waals surface area contributed by atoms with Gasteiger partial charge in [-0.2, -0.15) is 13.2 Å². The molecule has 2 N–H and O–H groups in total. The number of halogens is 3. The summed E-state index contributed by atoms with van der Waals surface area (Å²) < 4.78 is 38.3. The van der Waals surface area contributed by atoms with Crippen LogP contribution in [0.3, 0.4) is 0 Å². The zero-order valence-electron chi connectivity index (χ0n) is 12.2. The second-order valence-electron chi connectivity index (χ2n) is 5.67. The number of nitrogens with zero attached hydrogens (tertiary/aromatic N) is 2. The van der Waals surface area contributed by atoms with E-state index in [1.54, 1.807) is 12.3 Å². The van der Waals surface area contributed by atoms with E-state index in [1.165, 1.54) is 12.1 Å². The van der Waals surface area contributed by atoms with Crippen molar-refractivity contribution in [2.24, 2.45) is 5.92 Å². The van der Waals surface area contributed by atoms with E-state index in [0.29, 0.717) is 12.8 Å². The molecule has 1 atom stereocenters. The summed E-state index contributed by atoms with van der Waals surface area (Å²) in [4.78, 5) is 7.92. The average Bonchev–Trinajstić information content (AvgIpc) is 2.50. The average molecular weight is 323 g/mol. The molecule has 0 aliphatic heterocycles. The van der Waals surface area contributed by atoms with Crippen LogP contribution in [0.15, 0.2) is 42.6 Å². The minimum atomic E-state index is -4.48. The highest BCUT2D eigenvalue weighted by Crippen LogP contribution is 2.39. The summed E-state index contributed by atoms with van der Waals surface area (Å²) in [5, 5.41) is 12.6. The Labute approximate surface area is 131 Å². The molecule has 0 amide bonds. The van der Waals surface area contributed by atoms with Gasteiger partial charge in [0.1, 0.15) is 11.5 Å². The molecule has 0 bridgehead atoms. The first-order chi connectivity index (χ1) is 10.9. The number of aliphatic hydroxyl groups excluding tert-OH is 1. The highest BCUT2D eigenvalue weighted by molar-refractivity contribution is 5.39. The van der Waals surface area contributed by atoms with Gasteiger partial charge in [-0.05, 0) is 43.0 Å². The number of aliphatic hydroxyl groups is 1. The van der Waals surface area contributed by atoms with Gasteiger partial charge in [-0.15, -0.1) is 0 Å². The largest absolute Gasteiger partial charge is 0.433 e. The monoisotopic (exact) mass is 323 g/mol. The normalized spacial score (nSPS) is 22.3. The second kappa shape index (κ2) is 6.16. The lowest BCUT2D eigenvalue weighted by Crippen LogP contribution is -2.36. The minimum absolute atomic E-state index is 0.108. The maximum Gasteiger partial charge on any atom is 0.433 e. The first-order valence-electron chi connectivity index (χ1n) is 7.33. The van der Waals surface area contributed by atoms with E-state index in [0.717, 1.165) is 11.8 Å². The Morgan fingerprint density at radius 2 is 1.91 bits per heavy atom. The van der Waals surface area contributed by atoms with Crippen molar-refractivity contribution in [1.82, 2.24) is 9.97 Å². The molecule has 122 valence electrons. The number of anilines is 1. The van der Waals surface area contributed by atoms with Crippen LogP contribution in [0.4, 0.5) is 19.0 Å².